The van der Waals surface area contributed by atoms with Crippen molar-refractivity contribution in [2.24, 2.45) is 5.41 Å². The van der Waals surface area contributed by atoms with Crippen LogP contribution in [0.3, 0.4) is 0 Å². The van der Waals surface area contributed by atoms with Gasteiger partial charge in [0.05, 0.1) is 33.9 Å². The Balaban J connectivity index is 2.80. The summed E-state index contributed by atoms with van der Waals surface area (Å²) in [5, 5.41) is 0. The number of hydrogen-bond acceptors (Lipinski definition) is 11. The first-order valence-electron chi connectivity index (χ1n) is 13.0. The van der Waals surface area contributed by atoms with Crippen molar-refractivity contribution in [3.8, 4) is 5.75 Å². The quantitative estimate of drug-likeness (QED) is 0.123. The van der Waals surface area contributed by atoms with Gasteiger partial charge in [0.2, 0.25) is 11.3 Å². The SMILES string of the molecule is C=CC1c2c(OC)cccc2C(=O)CN1C(=O)[C@H](CC(C(=O)OC)(C(=O)OC)C(OC)OC)N(C)C(=O)OC(C)(C)C. The van der Waals surface area contributed by atoms with Crippen molar-refractivity contribution in [1.29, 1.82) is 0 Å². The van der Waals surface area contributed by atoms with Crippen LogP contribution in [0.4, 0.5) is 4.79 Å². The van der Waals surface area contributed by atoms with E-state index in [1.54, 1.807) is 39.0 Å². The molecule has 1 unspecified atom stereocenters. The van der Waals surface area contributed by atoms with Crippen LogP contribution in [-0.2, 0) is 38.1 Å². The maximum absolute atomic E-state index is 14.5. The number of esters is 2. The Morgan fingerprint density at radius 1 is 1.05 bits per heavy atom. The summed E-state index contributed by atoms with van der Waals surface area (Å²) >= 11 is 0. The van der Waals surface area contributed by atoms with Gasteiger partial charge in [-0.25, -0.2) is 4.79 Å². The van der Waals surface area contributed by atoms with Gasteiger partial charge in [-0.05, 0) is 26.8 Å². The third-order valence-corrected chi connectivity index (χ3v) is 6.92. The van der Waals surface area contributed by atoms with Crippen molar-refractivity contribution in [3.63, 3.8) is 0 Å². The number of methoxy groups -OCH3 is 5. The number of carbonyl (C=O) groups is 5. The summed E-state index contributed by atoms with van der Waals surface area (Å²) in [6.07, 6.45) is -1.80. The van der Waals surface area contributed by atoms with Crippen LogP contribution in [0.2, 0.25) is 0 Å². The minimum Gasteiger partial charge on any atom is -0.496 e. The second-order valence-corrected chi connectivity index (χ2v) is 10.6. The number of carbonyl (C=O) groups excluding carboxylic acids is 5. The van der Waals surface area contributed by atoms with Gasteiger partial charge in [-0.3, -0.25) is 24.1 Å². The van der Waals surface area contributed by atoms with Crippen LogP contribution in [0.25, 0.3) is 0 Å². The largest absolute Gasteiger partial charge is 0.496 e. The molecule has 2 rings (SSSR count). The number of hydrogen-bond donors (Lipinski definition) is 0. The van der Waals surface area contributed by atoms with Gasteiger partial charge in [0.25, 0.3) is 0 Å². The maximum atomic E-state index is 14.5. The molecular formula is C29H40N2O11. The van der Waals surface area contributed by atoms with Gasteiger partial charge in [-0.1, -0.05) is 18.2 Å². The van der Waals surface area contributed by atoms with Crippen LogP contribution in [0.5, 0.6) is 5.75 Å². The molecule has 0 saturated heterocycles. The summed E-state index contributed by atoms with van der Waals surface area (Å²) < 4.78 is 31.5. The van der Waals surface area contributed by atoms with Crippen molar-refractivity contribution >= 4 is 29.7 Å². The topological polar surface area (TPSA) is 147 Å². The number of fused-ring (bicyclic) bond motifs is 1. The Hall–Kier alpha value is -3.97. The molecule has 0 radical (unpaired) electrons. The first-order valence-corrected chi connectivity index (χ1v) is 13.0. The molecule has 0 aliphatic carbocycles. The number of Topliss-reactive ketones (excluding diaryl/α,β-unsaturated/α-hetero) is 1. The van der Waals surface area contributed by atoms with Gasteiger partial charge < -0.3 is 33.3 Å². The molecular weight excluding hydrogens is 552 g/mol. The molecule has 1 aromatic rings. The molecule has 13 heteroatoms. The number of ketones is 1. The third kappa shape index (κ3) is 6.57. The second kappa shape index (κ2) is 13.8. The lowest BCUT2D eigenvalue weighted by molar-refractivity contribution is -0.217. The van der Waals surface area contributed by atoms with Gasteiger partial charge in [0.15, 0.2) is 12.1 Å². The Morgan fingerprint density at radius 2 is 1.62 bits per heavy atom. The van der Waals surface area contributed by atoms with Crippen LogP contribution < -0.4 is 4.74 Å². The van der Waals surface area contributed by atoms with Gasteiger partial charge in [-0.2, -0.15) is 0 Å². The Labute approximate surface area is 245 Å². The number of benzene rings is 1. The van der Waals surface area contributed by atoms with E-state index in [-0.39, 0.29) is 0 Å². The van der Waals surface area contributed by atoms with Gasteiger partial charge >= 0.3 is 18.0 Å². The molecule has 0 saturated carbocycles. The first-order chi connectivity index (χ1) is 19.7. The van der Waals surface area contributed by atoms with Crippen molar-refractivity contribution in [2.75, 3.05) is 49.1 Å². The number of ether oxygens (including phenoxy) is 6. The molecule has 42 heavy (non-hydrogen) atoms. The van der Waals surface area contributed by atoms with E-state index in [1.807, 2.05) is 0 Å². The average Bonchev–Trinajstić information content (AvgIpc) is 2.96. The average molecular weight is 593 g/mol. The highest BCUT2D eigenvalue weighted by atomic mass is 16.7. The van der Waals surface area contributed by atoms with Crippen molar-refractivity contribution < 1.29 is 52.4 Å². The zero-order valence-electron chi connectivity index (χ0n) is 25.5. The summed E-state index contributed by atoms with van der Waals surface area (Å²) in [6, 6.07) is 2.44. The smallest absolute Gasteiger partial charge is 0.410 e. The highest BCUT2D eigenvalue weighted by Gasteiger charge is 2.59. The highest BCUT2D eigenvalue weighted by Crippen LogP contribution is 2.40. The van der Waals surface area contributed by atoms with E-state index in [0.717, 1.165) is 19.1 Å². The normalized spacial score (nSPS) is 15.8. The predicted molar refractivity (Wildman–Crippen MR) is 149 cm³/mol. The minimum absolute atomic E-state index is 0.345. The van der Waals surface area contributed by atoms with Crippen molar-refractivity contribution in [1.82, 2.24) is 9.80 Å². The van der Waals surface area contributed by atoms with E-state index in [0.29, 0.717) is 16.9 Å². The molecule has 0 bridgehead atoms. The molecule has 0 N–H and O–H groups in total. The van der Waals surface area contributed by atoms with Crippen LogP contribution in [0.1, 0.15) is 49.2 Å². The monoisotopic (exact) mass is 592 g/mol. The molecule has 13 nitrogen and oxygen atoms in total. The van der Waals surface area contributed by atoms with Crippen LogP contribution in [0.15, 0.2) is 30.9 Å². The molecule has 2 amide bonds. The third-order valence-electron chi connectivity index (χ3n) is 6.92. The van der Waals surface area contributed by atoms with Gasteiger partial charge in [0, 0.05) is 38.8 Å². The van der Waals surface area contributed by atoms with Crippen molar-refractivity contribution in [3.05, 3.63) is 42.0 Å². The van der Waals surface area contributed by atoms with Crippen LogP contribution in [0, 0.1) is 5.41 Å². The summed E-state index contributed by atoms with van der Waals surface area (Å²) in [4.78, 5) is 69.9. The second-order valence-electron chi connectivity index (χ2n) is 10.6. The zero-order chi connectivity index (χ0) is 32.0. The molecule has 1 aliphatic rings. The first kappa shape index (κ1) is 34.2. The highest BCUT2D eigenvalue weighted by molar-refractivity contribution is 6.05. The lowest BCUT2D eigenvalue weighted by atomic mass is 9.79. The molecule has 1 aliphatic heterocycles. The fourth-order valence-corrected chi connectivity index (χ4v) is 4.97. The summed E-state index contributed by atoms with van der Waals surface area (Å²) in [5.74, 6) is -3.13. The number of rotatable bonds is 11. The Kier molecular flexibility index (Phi) is 11.2. The number of amides is 2. The Bertz CT molecular complexity index is 1190. The summed E-state index contributed by atoms with van der Waals surface area (Å²) in [5.41, 5.74) is -2.60. The van der Waals surface area contributed by atoms with E-state index in [9.17, 15) is 24.0 Å². The maximum Gasteiger partial charge on any atom is 0.410 e. The van der Waals surface area contributed by atoms with E-state index in [1.165, 1.54) is 39.4 Å². The van der Waals surface area contributed by atoms with E-state index < -0.39 is 72.1 Å². The van der Waals surface area contributed by atoms with Gasteiger partial charge in [-0.15, -0.1) is 6.58 Å². The minimum atomic E-state index is -2.39. The van der Waals surface area contributed by atoms with E-state index >= 15 is 0 Å². The Morgan fingerprint density at radius 3 is 2.07 bits per heavy atom. The molecule has 1 aromatic carbocycles. The standard InChI is InChI=1S/C29H40N2O11/c1-11-18-22-17(13-12-14-21(22)37-6)20(32)16-31(18)23(33)19(30(5)27(36)42-28(2,3)4)15-29(24(34)38-7,25(35)39-8)26(40-9)41-10/h11-14,18-19,26H,1,15-16H2,2-10H3/t18?,19-/m0/s1. The molecule has 1 heterocycles. The zero-order valence-corrected chi connectivity index (χ0v) is 25.5. The summed E-state index contributed by atoms with van der Waals surface area (Å²) in [7, 11) is 7.14. The fraction of sp³-hybridized carbons (Fsp3) is 0.552. The predicted octanol–water partition coefficient (Wildman–Crippen LogP) is 2.52. The van der Waals surface area contributed by atoms with Crippen LogP contribution in [-0.4, -0.2) is 107 Å². The van der Waals surface area contributed by atoms with Gasteiger partial charge in [0.1, 0.15) is 17.4 Å². The molecule has 0 spiro atoms. The van der Waals surface area contributed by atoms with Crippen molar-refractivity contribution in [2.45, 2.75) is 51.2 Å². The lowest BCUT2D eigenvalue weighted by Crippen LogP contribution is -2.60. The van der Waals surface area contributed by atoms with E-state index in [2.05, 4.69) is 6.58 Å². The fourth-order valence-electron chi connectivity index (χ4n) is 4.97. The number of likely N-dealkylation sites (N-methyl/N-ethyl adjacent to an activating group) is 1. The molecule has 232 valence electrons. The molecule has 0 aromatic heterocycles. The van der Waals surface area contributed by atoms with E-state index in [4.69, 9.17) is 28.4 Å². The number of nitrogens with zero attached hydrogens (tertiary/aromatic N) is 2. The van der Waals surface area contributed by atoms with Crippen LogP contribution >= 0.6 is 0 Å². The lowest BCUT2D eigenvalue weighted by Gasteiger charge is -2.42. The summed E-state index contributed by atoms with van der Waals surface area (Å²) in [6.45, 7) is 8.37. The molecule has 0 fully saturated rings. The molecule has 2 atom stereocenters.